The van der Waals surface area contributed by atoms with E-state index in [1.165, 1.54) is 4.57 Å². The zero-order valence-electron chi connectivity index (χ0n) is 11.2. The highest BCUT2D eigenvalue weighted by molar-refractivity contribution is 6.11. The maximum absolute atomic E-state index is 12.5. The van der Waals surface area contributed by atoms with Crippen LogP contribution in [0.2, 0.25) is 0 Å². The fourth-order valence-corrected chi connectivity index (χ4v) is 2.26. The first-order valence-corrected chi connectivity index (χ1v) is 6.28. The van der Waals surface area contributed by atoms with E-state index in [0.29, 0.717) is 22.2 Å². The van der Waals surface area contributed by atoms with Crippen molar-refractivity contribution < 1.29 is 9.21 Å². The summed E-state index contributed by atoms with van der Waals surface area (Å²) in [6.07, 6.45) is 0. The zero-order chi connectivity index (χ0) is 14.3. The Morgan fingerprint density at radius 3 is 2.65 bits per heavy atom. The van der Waals surface area contributed by atoms with E-state index in [1.54, 1.807) is 31.3 Å². The van der Waals surface area contributed by atoms with Crippen LogP contribution in [0.4, 0.5) is 0 Å². The Kier molecular flexibility index (Phi) is 2.79. The molecule has 0 aliphatic rings. The summed E-state index contributed by atoms with van der Waals surface area (Å²) in [5, 5.41) is 0. The molecule has 0 saturated carbocycles. The van der Waals surface area contributed by atoms with Crippen molar-refractivity contribution in [2.24, 2.45) is 7.05 Å². The third-order valence-corrected chi connectivity index (χ3v) is 3.44. The molecule has 20 heavy (non-hydrogen) atoms. The van der Waals surface area contributed by atoms with E-state index in [2.05, 4.69) is 0 Å². The lowest BCUT2D eigenvalue weighted by atomic mass is 9.99. The molecule has 4 nitrogen and oxygen atoms in total. The summed E-state index contributed by atoms with van der Waals surface area (Å²) >= 11 is 0. The van der Waals surface area contributed by atoms with E-state index < -0.39 is 5.76 Å². The molecule has 0 aliphatic heterocycles. The fraction of sp³-hybridized carbons (Fsp3) is 0.125. The molecule has 0 radical (unpaired) electrons. The molecule has 1 aromatic heterocycles. The van der Waals surface area contributed by atoms with Crippen molar-refractivity contribution in [3.05, 3.63) is 69.7 Å². The molecule has 100 valence electrons. The summed E-state index contributed by atoms with van der Waals surface area (Å²) in [4.78, 5) is 23.9. The number of hydrogen-bond acceptors (Lipinski definition) is 3. The monoisotopic (exact) mass is 267 g/mol. The van der Waals surface area contributed by atoms with Gasteiger partial charge in [-0.3, -0.25) is 9.36 Å². The van der Waals surface area contributed by atoms with Gasteiger partial charge in [0.2, 0.25) is 0 Å². The minimum absolute atomic E-state index is 0.0727. The van der Waals surface area contributed by atoms with Crippen molar-refractivity contribution in [2.75, 3.05) is 0 Å². The molecule has 1 heterocycles. The molecule has 3 rings (SSSR count). The first kappa shape index (κ1) is 12.4. The molecule has 0 bridgehead atoms. The summed E-state index contributed by atoms with van der Waals surface area (Å²) in [6.45, 7) is 1.90. The first-order valence-electron chi connectivity index (χ1n) is 6.28. The number of carbonyl (C=O) groups excluding carboxylic acids is 1. The highest BCUT2D eigenvalue weighted by atomic mass is 16.4. The molecule has 0 fully saturated rings. The van der Waals surface area contributed by atoms with Gasteiger partial charge in [-0.25, -0.2) is 4.79 Å². The number of ketones is 1. The van der Waals surface area contributed by atoms with Gasteiger partial charge in [0.05, 0.1) is 5.52 Å². The van der Waals surface area contributed by atoms with Gasteiger partial charge in [-0.1, -0.05) is 24.3 Å². The van der Waals surface area contributed by atoms with Crippen molar-refractivity contribution in [3.63, 3.8) is 0 Å². The molecule has 0 spiro atoms. The van der Waals surface area contributed by atoms with Crippen molar-refractivity contribution in [2.45, 2.75) is 6.92 Å². The van der Waals surface area contributed by atoms with Gasteiger partial charge < -0.3 is 4.42 Å². The van der Waals surface area contributed by atoms with Crippen LogP contribution in [-0.2, 0) is 7.05 Å². The molecule has 3 aromatic rings. The number of nitrogens with zero attached hydrogens (tertiary/aromatic N) is 1. The number of oxazole rings is 1. The number of rotatable bonds is 2. The number of fused-ring (bicyclic) bond motifs is 1. The third-order valence-electron chi connectivity index (χ3n) is 3.44. The standard InChI is InChI=1S/C16H13NO3/c1-10-5-3-4-6-12(10)15(18)11-7-8-13-14(9-11)20-16(19)17(13)2/h3-9H,1-2H3. The Balaban J connectivity index is 2.13. The van der Waals surface area contributed by atoms with Gasteiger partial charge in [-0.2, -0.15) is 0 Å². The van der Waals surface area contributed by atoms with E-state index in [1.807, 2.05) is 25.1 Å². The van der Waals surface area contributed by atoms with Crippen molar-refractivity contribution in [3.8, 4) is 0 Å². The van der Waals surface area contributed by atoms with Crippen LogP contribution in [0.3, 0.4) is 0 Å². The number of benzene rings is 2. The van der Waals surface area contributed by atoms with Crippen LogP contribution in [0, 0.1) is 6.92 Å². The fourth-order valence-electron chi connectivity index (χ4n) is 2.26. The molecular weight excluding hydrogens is 254 g/mol. The predicted octanol–water partition coefficient (Wildman–Crippen LogP) is 2.67. The highest BCUT2D eigenvalue weighted by Crippen LogP contribution is 2.18. The second-order valence-electron chi connectivity index (χ2n) is 4.75. The second kappa shape index (κ2) is 4.49. The van der Waals surface area contributed by atoms with Crippen LogP contribution < -0.4 is 5.76 Å². The average molecular weight is 267 g/mol. The Labute approximate surface area is 115 Å². The molecule has 0 amide bonds. The van der Waals surface area contributed by atoms with Crippen LogP contribution >= 0.6 is 0 Å². The first-order chi connectivity index (χ1) is 9.58. The summed E-state index contributed by atoms with van der Waals surface area (Å²) in [5.74, 6) is -0.503. The Morgan fingerprint density at radius 1 is 1.15 bits per heavy atom. The number of hydrogen-bond donors (Lipinski definition) is 0. The minimum Gasteiger partial charge on any atom is -0.408 e. The van der Waals surface area contributed by atoms with E-state index >= 15 is 0 Å². The smallest absolute Gasteiger partial charge is 0.408 e. The Bertz CT molecular complexity index is 871. The quantitative estimate of drug-likeness (QED) is 0.671. The maximum Gasteiger partial charge on any atom is 0.419 e. The minimum atomic E-state index is -0.430. The molecule has 2 aromatic carbocycles. The number of aryl methyl sites for hydroxylation is 2. The molecular formula is C16H13NO3. The van der Waals surface area contributed by atoms with Gasteiger partial charge in [0.25, 0.3) is 0 Å². The molecule has 0 N–H and O–H groups in total. The lowest BCUT2D eigenvalue weighted by Crippen LogP contribution is -2.08. The van der Waals surface area contributed by atoms with E-state index in [-0.39, 0.29) is 5.78 Å². The summed E-state index contributed by atoms with van der Waals surface area (Å²) < 4.78 is 6.52. The van der Waals surface area contributed by atoms with Gasteiger partial charge in [0.1, 0.15) is 0 Å². The summed E-state index contributed by atoms with van der Waals surface area (Å²) in [7, 11) is 1.64. The second-order valence-corrected chi connectivity index (χ2v) is 4.75. The van der Waals surface area contributed by atoms with Crippen molar-refractivity contribution in [1.29, 1.82) is 0 Å². The van der Waals surface area contributed by atoms with Crippen LogP contribution in [0.5, 0.6) is 0 Å². The lowest BCUT2D eigenvalue weighted by Gasteiger charge is -2.04. The molecule has 0 unspecified atom stereocenters. The van der Waals surface area contributed by atoms with Gasteiger partial charge >= 0.3 is 5.76 Å². The maximum atomic E-state index is 12.5. The third kappa shape index (κ3) is 1.86. The van der Waals surface area contributed by atoms with E-state index in [4.69, 9.17) is 4.42 Å². The molecule has 0 saturated heterocycles. The SMILES string of the molecule is Cc1ccccc1C(=O)c1ccc2c(c1)oc(=O)n2C. The van der Waals surface area contributed by atoms with Crippen LogP contribution in [0.15, 0.2) is 51.7 Å². The molecule has 4 heteroatoms. The molecule has 0 aliphatic carbocycles. The average Bonchev–Trinajstić information content (AvgIpc) is 2.73. The van der Waals surface area contributed by atoms with Gasteiger partial charge in [-0.05, 0) is 30.7 Å². The van der Waals surface area contributed by atoms with Gasteiger partial charge in [0, 0.05) is 18.2 Å². The summed E-state index contributed by atoms with van der Waals surface area (Å²) in [5.41, 5.74) is 3.20. The van der Waals surface area contributed by atoms with Crippen molar-refractivity contribution in [1.82, 2.24) is 4.57 Å². The van der Waals surface area contributed by atoms with Crippen LogP contribution in [-0.4, -0.2) is 10.4 Å². The number of carbonyl (C=O) groups is 1. The Hall–Kier alpha value is -2.62. The van der Waals surface area contributed by atoms with Gasteiger partial charge in [0.15, 0.2) is 11.4 Å². The van der Waals surface area contributed by atoms with Crippen molar-refractivity contribution >= 4 is 16.9 Å². The topological polar surface area (TPSA) is 52.2 Å². The van der Waals surface area contributed by atoms with E-state index in [0.717, 1.165) is 5.56 Å². The van der Waals surface area contributed by atoms with Crippen LogP contribution in [0.25, 0.3) is 11.1 Å². The zero-order valence-corrected chi connectivity index (χ0v) is 11.2. The highest BCUT2D eigenvalue weighted by Gasteiger charge is 2.14. The predicted molar refractivity (Wildman–Crippen MR) is 76.1 cm³/mol. The van der Waals surface area contributed by atoms with E-state index in [9.17, 15) is 9.59 Å². The molecule has 0 atom stereocenters. The summed E-state index contributed by atoms with van der Waals surface area (Å²) in [6, 6.07) is 12.5. The normalized spacial score (nSPS) is 10.9. The number of aromatic nitrogens is 1. The Morgan fingerprint density at radius 2 is 1.90 bits per heavy atom. The van der Waals surface area contributed by atoms with Crippen LogP contribution in [0.1, 0.15) is 21.5 Å². The lowest BCUT2D eigenvalue weighted by molar-refractivity contribution is 0.103. The largest absolute Gasteiger partial charge is 0.419 e. The van der Waals surface area contributed by atoms with Gasteiger partial charge in [-0.15, -0.1) is 0 Å².